The summed E-state index contributed by atoms with van der Waals surface area (Å²) in [7, 11) is 0. The van der Waals surface area contributed by atoms with Gasteiger partial charge in [0.05, 0.1) is 11.1 Å². The van der Waals surface area contributed by atoms with Crippen molar-refractivity contribution in [2.24, 2.45) is 5.73 Å². The van der Waals surface area contributed by atoms with Crippen LogP contribution < -0.4 is 21.1 Å². The maximum Gasteiger partial charge on any atom is 0.319 e. The van der Waals surface area contributed by atoms with Crippen molar-refractivity contribution >= 4 is 40.1 Å². The zero-order chi connectivity index (χ0) is 24.7. The van der Waals surface area contributed by atoms with Gasteiger partial charge in [-0.3, -0.25) is 10.1 Å². The van der Waals surface area contributed by atoms with Gasteiger partial charge in [0.1, 0.15) is 28.8 Å². The van der Waals surface area contributed by atoms with E-state index in [1.807, 2.05) is 0 Å². The molecule has 3 amide bonds. The van der Waals surface area contributed by atoms with Crippen LogP contribution in [0.15, 0.2) is 12.1 Å². The molecule has 9 nitrogen and oxygen atoms in total. The smallest absolute Gasteiger partial charge is 0.319 e. The fourth-order valence-electron chi connectivity index (χ4n) is 3.54. The van der Waals surface area contributed by atoms with Crippen molar-refractivity contribution in [1.29, 1.82) is 0 Å². The minimum Gasteiger partial charge on any atom is -0.471 e. The zero-order valence-corrected chi connectivity index (χ0v) is 19.9. The van der Waals surface area contributed by atoms with Gasteiger partial charge in [-0.1, -0.05) is 11.6 Å². The van der Waals surface area contributed by atoms with Crippen LogP contribution >= 0.6 is 23.1 Å². The first-order valence-corrected chi connectivity index (χ1v) is 11.9. The van der Waals surface area contributed by atoms with Gasteiger partial charge in [0.25, 0.3) is 5.91 Å². The Morgan fingerprint density at radius 2 is 2.12 bits per heavy atom. The first kappa shape index (κ1) is 26.1. The van der Waals surface area contributed by atoms with Gasteiger partial charge in [-0.25, -0.2) is 13.6 Å². The number of benzene rings is 1. The van der Waals surface area contributed by atoms with Crippen molar-refractivity contribution in [3.05, 3.63) is 39.9 Å². The van der Waals surface area contributed by atoms with Gasteiger partial charge in [-0.2, -0.15) is 4.37 Å². The van der Waals surface area contributed by atoms with E-state index in [2.05, 4.69) is 19.9 Å². The first-order valence-electron chi connectivity index (χ1n) is 10.8. The molecule has 0 saturated carbocycles. The number of β-amino-alcohol motifs (C(OH)–C–C–N with tert-alkyl or cyclic N) is 1. The number of urea groups is 1. The molecule has 34 heavy (non-hydrogen) atoms. The number of piperidine rings is 1. The van der Waals surface area contributed by atoms with E-state index < -0.39 is 30.2 Å². The molecule has 1 aromatic heterocycles. The second-order valence-corrected chi connectivity index (χ2v) is 9.07. The van der Waals surface area contributed by atoms with Crippen LogP contribution in [0.1, 0.15) is 41.6 Å². The molecular formula is C21H26ClF2N5O4S. The summed E-state index contributed by atoms with van der Waals surface area (Å²) in [6, 6.07) is 1.16. The summed E-state index contributed by atoms with van der Waals surface area (Å²) >= 11 is 6.30. The normalized spacial score (nSPS) is 16.3. The van der Waals surface area contributed by atoms with E-state index in [-0.39, 0.29) is 33.1 Å². The molecule has 1 saturated heterocycles. The Hall–Kier alpha value is -2.54. The average Bonchev–Trinajstić information content (AvgIpc) is 3.17. The van der Waals surface area contributed by atoms with E-state index in [1.165, 1.54) is 0 Å². The van der Waals surface area contributed by atoms with Gasteiger partial charge in [0.2, 0.25) is 5.88 Å². The lowest BCUT2D eigenvalue weighted by atomic mass is 10.1. The third-order valence-electron chi connectivity index (χ3n) is 5.26. The fourth-order valence-corrected chi connectivity index (χ4v) is 4.43. The van der Waals surface area contributed by atoms with Crippen molar-refractivity contribution in [3.8, 4) is 5.88 Å². The van der Waals surface area contributed by atoms with Crippen LogP contribution in [0, 0.1) is 11.6 Å². The minimum absolute atomic E-state index is 0.0741. The molecule has 1 aromatic carbocycles. The molecular weight excluding hydrogens is 492 g/mol. The Labute approximate surface area is 204 Å². The Morgan fingerprint density at radius 3 is 2.85 bits per heavy atom. The number of hydrogen-bond acceptors (Lipinski definition) is 7. The molecule has 0 aliphatic carbocycles. The van der Waals surface area contributed by atoms with E-state index in [4.69, 9.17) is 22.1 Å². The number of carbonyl (C=O) groups is 2. The summed E-state index contributed by atoms with van der Waals surface area (Å²) in [5, 5.41) is 14.6. The lowest BCUT2D eigenvalue weighted by Crippen LogP contribution is -2.39. The van der Waals surface area contributed by atoms with Crippen molar-refractivity contribution in [2.45, 2.75) is 38.4 Å². The number of hydrogen-bond donors (Lipinski definition) is 4. The monoisotopic (exact) mass is 517 g/mol. The molecule has 0 radical (unpaired) electrons. The summed E-state index contributed by atoms with van der Waals surface area (Å²) < 4.78 is 36.8. The maximum atomic E-state index is 13.9. The molecule has 1 unspecified atom stereocenters. The van der Waals surface area contributed by atoms with Crippen LogP contribution in [0.4, 0.5) is 18.6 Å². The number of halogens is 3. The van der Waals surface area contributed by atoms with Gasteiger partial charge < -0.3 is 25.8 Å². The third-order valence-corrected chi connectivity index (χ3v) is 6.29. The number of anilines is 1. The predicted octanol–water partition coefficient (Wildman–Crippen LogP) is 3.11. The van der Waals surface area contributed by atoms with Gasteiger partial charge in [-0.15, -0.1) is 0 Å². The van der Waals surface area contributed by atoms with Crippen molar-refractivity contribution in [1.82, 2.24) is 14.6 Å². The molecule has 1 aliphatic heterocycles. The number of likely N-dealkylation sites (tertiary alicyclic amines) is 1. The summed E-state index contributed by atoms with van der Waals surface area (Å²) in [6.07, 6.45) is 3.16. The topological polar surface area (TPSA) is 130 Å². The molecule has 1 fully saturated rings. The second kappa shape index (κ2) is 12.2. The van der Waals surface area contributed by atoms with Crippen molar-refractivity contribution < 1.29 is 28.2 Å². The number of nitrogens with two attached hydrogens (primary N) is 1. The van der Waals surface area contributed by atoms with E-state index in [9.17, 15) is 23.5 Å². The molecule has 2 heterocycles. The molecule has 0 bridgehead atoms. The van der Waals surface area contributed by atoms with Crippen LogP contribution in [-0.2, 0) is 6.61 Å². The van der Waals surface area contributed by atoms with Crippen molar-refractivity contribution in [3.63, 3.8) is 0 Å². The van der Waals surface area contributed by atoms with Crippen LogP contribution in [0.25, 0.3) is 0 Å². The quantitative estimate of drug-likeness (QED) is 0.283. The number of nitrogens with zero attached hydrogens (tertiary/aromatic N) is 2. The number of carbonyl (C=O) groups excluding carboxylic acids is 2. The highest BCUT2D eigenvalue weighted by Gasteiger charge is 2.23. The Bertz CT molecular complexity index is 1030. The zero-order valence-electron chi connectivity index (χ0n) is 18.3. The number of amides is 3. The fraction of sp³-hybridized carbons (Fsp3) is 0.476. The van der Waals surface area contributed by atoms with Crippen molar-refractivity contribution in [2.75, 3.05) is 31.5 Å². The van der Waals surface area contributed by atoms with E-state index in [0.29, 0.717) is 13.1 Å². The van der Waals surface area contributed by atoms with E-state index in [1.54, 1.807) is 0 Å². The number of ether oxygens (including phenoxy) is 1. The molecule has 13 heteroatoms. The Morgan fingerprint density at radius 1 is 1.32 bits per heavy atom. The molecule has 0 spiro atoms. The largest absolute Gasteiger partial charge is 0.471 e. The number of rotatable bonds is 10. The first-order chi connectivity index (χ1) is 16.2. The minimum atomic E-state index is -0.898. The molecule has 1 atom stereocenters. The molecule has 186 valence electrons. The SMILES string of the molecule is NC(=O)c1c(OCc2cc(F)c(Cl)cc2F)nsc1NC(=O)NCCCCN1CCCC(O)C1. The summed E-state index contributed by atoms with van der Waals surface area (Å²) in [6.45, 7) is 2.48. The summed E-state index contributed by atoms with van der Waals surface area (Å²) in [5.41, 5.74) is 5.10. The summed E-state index contributed by atoms with van der Waals surface area (Å²) in [4.78, 5) is 26.3. The van der Waals surface area contributed by atoms with E-state index >= 15 is 0 Å². The highest BCUT2D eigenvalue weighted by atomic mass is 35.5. The van der Waals surface area contributed by atoms with Crippen LogP contribution in [0.2, 0.25) is 5.02 Å². The standard InChI is InChI=1S/C21H26ClF2N5O4S/c22-14-9-15(23)12(8-16(14)24)11-33-19-17(18(25)31)20(34-28-19)27-21(32)26-5-1-2-6-29-7-3-4-13(30)10-29/h8-9,13,30H,1-7,10-11H2,(H2,25,31)(H2,26,27,32). The number of unbranched alkanes of at least 4 members (excludes halogenated alkanes) is 1. The molecule has 3 rings (SSSR count). The Kier molecular flexibility index (Phi) is 9.39. The predicted molar refractivity (Wildman–Crippen MR) is 124 cm³/mol. The number of aromatic nitrogens is 1. The number of aliphatic hydroxyl groups excluding tert-OH is 1. The highest BCUT2D eigenvalue weighted by Crippen LogP contribution is 2.31. The lowest BCUT2D eigenvalue weighted by Gasteiger charge is -2.29. The highest BCUT2D eigenvalue weighted by molar-refractivity contribution is 7.11. The Balaban J connectivity index is 1.48. The van der Waals surface area contributed by atoms with Crippen LogP contribution in [0.3, 0.4) is 0 Å². The van der Waals surface area contributed by atoms with Gasteiger partial charge in [-0.05, 0) is 62.4 Å². The van der Waals surface area contributed by atoms with Gasteiger partial charge >= 0.3 is 6.03 Å². The summed E-state index contributed by atoms with van der Waals surface area (Å²) in [5.74, 6) is -2.70. The average molecular weight is 518 g/mol. The van der Waals surface area contributed by atoms with Crippen LogP contribution in [-0.4, -0.2) is 58.6 Å². The number of primary amides is 1. The molecule has 2 aromatic rings. The second-order valence-electron chi connectivity index (χ2n) is 7.89. The lowest BCUT2D eigenvalue weighted by molar-refractivity contribution is 0.0699. The maximum absolute atomic E-state index is 13.9. The molecule has 1 aliphatic rings. The number of aliphatic hydroxyl groups is 1. The van der Waals surface area contributed by atoms with Gasteiger partial charge in [0, 0.05) is 18.7 Å². The van der Waals surface area contributed by atoms with E-state index in [0.717, 1.165) is 62.4 Å². The van der Waals surface area contributed by atoms with Gasteiger partial charge in [0.15, 0.2) is 0 Å². The molecule has 5 N–H and O–H groups in total. The third kappa shape index (κ3) is 7.23. The van der Waals surface area contributed by atoms with Crippen LogP contribution in [0.5, 0.6) is 5.88 Å². The number of nitrogens with one attached hydrogen (secondary N) is 2.